The van der Waals surface area contributed by atoms with Crippen molar-refractivity contribution in [1.29, 1.82) is 0 Å². The van der Waals surface area contributed by atoms with Crippen molar-refractivity contribution in [3.63, 3.8) is 0 Å². The molecule has 0 fully saturated rings. The van der Waals surface area contributed by atoms with Gasteiger partial charge in [-0.2, -0.15) is 0 Å². The zero-order valence-electron chi connectivity index (χ0n) is 9.45. The van der Waals surface area contributed by atoms with Crippen molar-refractivity contribution in [2.45, 2.75) is 0 Å². The van der Waals surface area contributed by atoms with Crippen molar-refractivity contribution >= 4 is 34.8 Å². The zero-order valence-corrected chi connectivity index (χ0v) is 11.0. The molecule has 0 radical (unpaired) electrons. The Morgan fingerprint density at radius 1 is 1.21 bits per heavy atom. The largest absolute Gasteiger partial charge is 0.505 e. The Hall–Kier alpha value is -1.78. The molecular formula is C13H8Cl2FNO2. The number of anilines is 1. The summed E-state index contributed by atoms with van der Waals surface area (Å²) in [4.78, 5) is 11.9. The van der Waals surface area contributed by atoms with E-state index >= 15 is 0 Å². The molecule has 0 aromatic heterocycles. The third-order valence-electron chi connectivity index (χ3n) is 2.40. The lowest BCUT2D eigenvalue weighted by molar-refractivity contribution is 0.102. The predicted molar refractivity (Wildman–Crippen MR) is 72.5 cm³/mol. The maximum atomic E-state index is 13.1. The van der Waals surface area contributed by atoms with Gasteiger partial charge in [0.25, 0.3) is 5.91 Å². The van der Waals surface area contributed by atoms with Crippen LogP contribution in [0.2, 0.25) is 10.0 Å². The Morgan fingerprint density at radius 2 is 1.95 bits per heavy atom. The van der Waals surface area contributed by atoms with Crippen molar-refractivity contribution in [3.05, 3.63) is 57.8 Å². The molecule has 0 saturated carbocycles. The Bertz CT molecular complexity index is 647. The van der Waals surface area contributed by atoms with Crippen molar-refractivity contribution < 1.29 is 14.3 Å². The monoisotopic (exact) mass is 299 g/mol. The molecule has 2 N–H and O–H groups in total. The molecule has 2 aromatic carbocycles. The fourth-order valence-corrected chi connectivity index (χ4v) is 1.85. The molecule has 98 valence electrons. The second-order valence-corrected chi connectivity index (χ2v) is 4.51. The first kappa shape index (κ1) is 13.6. The number of hydrogen-bond donors (Lipinski definition) is 2. The molecule has 0 aliphatic rings. The number of nitrogens with one attached hydrogen (secondary N) is 1. The van der Waals surface area contributed by atoms with Gasteiger partial charge in [0.15, 0.2) is 11.6 Å². The van der Waals surface area contributed by atoms with Gasteiger partial charge in [-0.15, -0.1) is 0 Å². The minimum atomic E-state index is -0.824. The number of amides is 1. The zero-order chi connectivity index (χ0) is 14.0. The number of phenolic OH excluding ortho intramolecular Hbond substituents is 1. The number of benzene rings is 2. The van der Waals surface area contributed by atoms with E-state index in [1.54, 1.807) is 12.1 Å². The number of hydrogen-bond acceptors (Lipinski definition) is 2. The van der Waals surface area contributed by atoms with Gasteiger partial charge in [-0.1, -0.05) is 29.3 Å². The molecule has 0 atom stereocenters. The van der Waals surface area contributed by atoms with Gasteiger partial charge >= 0.3 is 0 Å². The molecule has 0 aliphatic carbocycles. The Labute approximate surface area is 118 Å². The summed E-state index contributed by atoms with van der Waals surface area (Å²) in [5, 5.41) is 11.9. The number of carbonyl (C=O) groups excluding carboxylic acids is 1. The van der Waals surface area contributed by atoms with E-state index in [0.717, 1.165) is 12.1 Å². The molecule has 0 saturated heterocycles. The summed E-state index contributed by atoms with van der Waals surface area (Å²) in [5.74, 6) is -1.83. The summed E-state index contributed by atoms with van der Waals surface area (Å²) in [6.07, 6.45) is 0. The third kappa shape index (κ3) is 2.97. The molecule has 3 nitrogen and oxygen atoms in total. The Morgan fingerprint density at radius 3 is 2.63 bits per heavy atom. The van der Waals surface area contributed by atoms with Crippen molar-refractivity contribution in [2.75, 3.05) is 5.32 Å². The highest BCUT2D eigenvalue weighted by molar-refractivity contribution is 6.44. The van der Waals surface area contributed by atoms with Crippen LogP contribution in [0, 0.1) is 5.82 Å². The minimum Gasteiger partial charge on any atom is -0.505 e. The molecule has 2 rings (SSSR count). The summed E-state index contributed by atoms with van der Waals surface area (Å²) in [5.41, 5.74) is 0.388. The smallest absolute Gasteiger partial charge is 0.257 e. The number of carbonyl (C=O) groups is 1. The molecule has 0 aliphatic heterocycles. The molecule has 1 amide bonds. The van der Waals surface area contributed by atoms with E-state index in [1.165, 1.54) is 12.1 Å². The predicted octanol–water partition coefficient (Wildman–Crippen LogP) is 4.09. The van der Waals surface area contributed by atoms with Gasteiger partial charge in [-0.25, -0.2) is 4.39 Å². The molecule has 0 spiro atoms. The lowest BCUT2D eigenvalue weighted by Crippen LogP contribution is -2.12. The van der Waals surface area contributed by atoms with Crippen LogP contribution < -0.4 is 5.32 Å². The van der Waals surface area contributed by atoms with E-state index in [-0.39, 0.29) is 21.3 Å². The third-order valence-corrected chi connectivity index (χ3v) is 3.22. The standard InChI is InChI=1S/C13H8Cl2FNO2/c14-9-3-1-2-8(12(9)15)13(19)17-7-4-5-11(18)10(16)6-7/h1-6,18H,(H,17,19). The van der Waals surface area contributed by atoms with Crippen LogP contribution in [0.15, 0.2) is 36.4 Å². The number of halogens is 3. The van der Waals surface area contributed by atoms with Crippen LogP contribution in [-0.4, -0.2) is 11.0 Å². The van der Waals surface area contributed by atoms with Gasteiger partial charge in [0.1, 0.15) is 0 Å². The second kappa shape index (κ2) is 5.47. The summed E-state index contributed by atoms with van der Waals surface area (Å²) < 4.78 is 13.1. The van der Waals surface area contributed by atoms with E-state index in [0.29, 0.717) is 0 Å². The molecule has 6 heteroatoms. The highest BCUT2D eigenvalue weighted by Crippen LogP contribution is 2.26. The van der Waals surface area contributed by atoms with Gasteiger partial charge in [-0.05, 0) is 24.3 Å². The quantitative estimate of drug-likeness (QED) is 0.821. The topological polar surface area (TPSA) is 49.3 Å². The lowest BCUT2D eigenvalue weighted by Gasteiger charge is -2.08. The van der Waals surface area contributed by atoms with E-state index in [2.05, 4.69) is 5.32 Å². The SMILES string of the molecule is O=C(Nc1ccc(O)c(F)c1)c1cccc(Cl)c1Cl. The van der Waals surface area contributed by atoms with Crippen molar-refractivity contribution in [2.24, 2.45) is 0 Å². The van der Waals surface area contributed by atoms with Gasteiger partial charge < -0.3 is 10.4 Å². The molecule has 0 bridgehead atoms. The Balaban J connectivity index is 2.26. The van der Waals surface area contributed by atoms with E-state index in [4.69, 9.17) is 28.3 Å². The highest BCUT2D eigenvalue weighted by atomic mass is 35.5. The van der Waals surface area contributed by atoms with Gasteiger partial charge in [0, 0.05) is 11.8 Å². The summed E-state index contributed by atoms with van der Waals surface area (Å²) in [6, 6.07) is 8.16. The average molecular weight is 300 g/mol. The van der Waals surface area contributed by atoms with Crippen LogP contribution >= 0.6 is 23.2 Å². The first-order chi connectivity index (χ1) is 8.99. The summed E-state index contributed by atoms with van der Waals surface area (Å²) in [6.45, 7) is 0. The van der Waals surface area contributed by atoms with Crippen LogP contribution in [0.3, 0.4) is 0 Å². The lowest BCUT2D eigenvalue weighted by atomic mass is 10.2. The Kier molecular flexibility index (Phi) is 3.93. The first-order valence-electron chi connectivity index (χ1n) is 5.23. The molecule has 2 aromatic rings. The number of aromatic hydroxyl groups is 1. The van der Waals surface area contributed by atoms with Crippen molar-refractivity contribution in [1.82, 2.24) is 0 Å². The maximum Gasteiger partial charge on any atom is 0.257 e. The first-order valence-corrected chi connectivity index (χ1v) is 5.98. The average Bonchev–Trinajstić information content (AvgIpc) is 2.37. The van der Waals surface area contributed by atoms with E-state index in [9.17, 15) is 9.18 Å². The molecule has 19 heavy (non-hydrogen) atoms. The van der Waals surface area contributed by atoms with Crippen LogP contribution in [0.5, 0.6) is 5.75 Å². The van der Waals surface area contributed by atoms with Crippen LogP contribution in [0.1, 0.15) is 10.4 Å². The van der Waals surface area contributed by atoms with E-state index < -0.39 is 17.5 Å². The molecule has 0 heterocycles. The number of phenols is 1. The second-order valence-electron chi connectivity index (χ2n) is 3.72. The van der Waals surface area contributed by atoms with Crippen LogP contribution in [-0.2, 0) is 0 Å². The van der Waals surface area contributed by atoms with Crippen molar-refractivity contribution in [3.8, 4) is 5.75 Å². The highest BCUT2D eigenvalue weighted by Gasteiger charge is 2.13. The van der Waals surface area contributed by atoms with Crippen LogP contribution in [0.25, 0.3) is 0 Å². The number of rotatable bonds is 2. The normalized spacial score (nSPS) is 10.3. The van der Waals surface area contributed by atoms with Gasteiger partial charge in [0.05, 0.1) is 15.6 Å². The summed E-state index contributed by atoms with van der Waals surface area (Å²) in [7, 11) is 0. The molecular weight excluding hydrogens is 292 g/mol. The van der Waals surface area contributed by atoms with Gasteiger partial charge in [-0.3, -0.25) is 4.79 Å². The maximum absolute atomic E-state index is 13.1. The summed E-state index contributed by atoms with van der Waals surface area (Å²) >= 11 is 11.7. The van der Waals surface area contributed by atoms with Crippen LogP contribution in [0.4, 0.5) is 10.1 Å². The van der Waals surface area contributed by atoms with E-state index in [1.807, 2.05) is 0 Å². The molecule has 0 unspecified atom stereocenters. The fraction of sp³-hybridized carbons (Fsp3) is 0. The van der Waals surface area contributed by atoms with Gasteiger partial charge in [0.2, 0.25) is 0 Å². The fourth-order valence-electron chi connectivity index (χ4n) is 1.46. The minimum absolute atomic E-state index is 0.126.